The lowest BCUT2D eigenvalue weighted by Gasteiger charge is -2.06. The number of aromatic hydroxyl groups is 1. The largest absolute Gasteiger partial charge is 0.497 e. The second-order valence-corrected chi connectivity index (χ2v) is 9.41. The molecule has 3 rings (SSSR count). The smallest absolute Gasteiger partial charge is 0.264 e. The van der Waals surface area contributed by atoms with Crippen molar-refractivity contribution < 1.29 is 19.4 Å². The second-order valence-electron chi connectivity index (χ2n) is 8.55. The summed E-state index contributed by atoms with van der Waals surface area (Å²) >= 11 is 3.38. The van der Waals surface area contributed by atoms with Gasteiger partial charge in [-0.15, -0.1) is 10.2 Å². The highest BCUT2D eigenvalue weighted by Crippen LogP contribution is 2.40. The van der Waals surface area contributed by atoms with Gasteiger partial charge in [-0.3, -0.25) is 9.59 Å². The van der Waals surface area contributed by atoms with Crippen LogP contribution in [0.1, 0.15) is 62.2 Å². The van der Waals surface area contributed by atoms with Crippen LogP contribution in [0.5, 0.6) is 11.6 Å². The first-order chi connectivity index (χ1) is 17.5. The molecule has 192 valence electrons. The van der Waals surface area contributed by atoms with Gasteiger partial charge in [-0.05, 0) is 65.5 Å². The molecular formula is C27H33BrN4O4. The van der Waals surface area contributed by atoms with Crippen molar-refractivity contribution in [1.29, 1.82) is 0 Å². The van der Waals surface area contributed by atoms with E-state index in [2.05, 4.69) is 38.4 Å². The van der Waals surface area contributed by atoms with E-state index in [9.17, 15) is 14.7 Å². The van der Waals surface area contributed by atoms with Crippen LogP contribution in [0.25, 0.3) is 10.9 Å². The predicted octanol–water partition coefficient (Wildman–Crippen LogP) is 6.91. The zero-order chi connectivity index (χ0) is 25.9. The van der Waals surface area contributed by atoms with Crippen LogP contribution in [-0.4, -0.2) is 35.1 Å². The van der Waals surface area contributed by atoms with Crippen molar-refractivity contribution >= 4 is 44.3 Å². The summed E-state index contributed by atoms with van der Waals surface area (Å²) in [5.41, 5.74) is 1.71. The number of carbonyl (C=O) groups excluding carboxylic acids is 2. The SMILES string of the molecule is CCCCCn1c(O)c(N=NC(=O)CCCCCNC(=O)c2ccccc2Br)c2cc(OC)ccc21. The lowest BCUT2D eigenvalue weighted by molar-refractivity contribution is -0.118. The third-order valence-electron chi connectivity index (χ3n) is 5.94. The van der Waals surface area contributed by atoms with Gasteiger partial charge in [0.05, 0.1) is 18.2 Å². The molecular weight excluding hydrogens is 524 g/mol. The molecule has 0 fully saturated rings. The number of methoxy groups -OCH3 is 1. The van der Waals surface area contributed by atoms with E-state index in [4.69, 9.17) is 4.74 Å². The Balaban J connectivity index is 1.53. The molecule has 0 aliphatic rings. The molecule has 2 aromatic carbocycles. The summed E-state index contributed by atoms with van der Waals surface area (Å²) in [4.78, 5) is 24.5. The van der Waals surface area contributed by atoms with Crippen LogP contribution in [0.4, 0.5) is 5.69 Å². The molecule has 8 nitrogen and oxygen atoms in total. The number of rotatable bonds is 13. The number of hydrogen-bond donors (Lipinski definition) is 2. The monoisotopic (exact) mass is 556 g/mol. The van der Waals surface area contributed by atoms with E-state index in [0.29, 0.717) is 36.2 Å². The number of nitrogens with one attached hydrogen (secondary N) is 1. The minimum absolute atomic E-state index is 0.00620. The number of carbonyl (C=O) groups is 2. The first kappa shape index (κ1) is 27.4. The molecule has 0 saturated carbocycles. The average molecular weight is 557 g/mol. The van der Waals surface area contributed by atoms with Crippen molar-refractivity contribution in [3.8, 4) is 11.6 Å². The van der Waals surface area contributed by atoms with Crippen molar-refractivity contribution in [2.75, 3.05) is 13.7 Å². The molecule has 2 N–H and O–H groups in total. The van der Waals surface area contributed by atoms with Gasteiger partial charge < -0.3 is 19.7 Å². The van der Waals surface area contributed by atoms with Gasteiger partial charge in [0.25, 0.3) is 11.8 Å². The molecule has 0 atom stereocenters. The van der Waals surface area contributed by atoms with Gasteiger partial charge in [0.2, 0.25) is 5.88 Å². The van der Waals surface area contributed by atoms with Crippen LogP contribution >= 0.6 is 15.9 Å². The molecule has 0 bridgehead atoms. The number of hydrogen-bond acceptors (Lipinski definition) is 5. The van der Waals surface area contributed by atoms with Crippen LogP contribution in [0.15, 0.2) is 57.2 Å². The van der Waals surface area contributed by atoms with Crippen LogP contribution in [0.3, 0.4) is 0 Å². The van der Waals surface area contributed by atoms with Crippen molar-refractivity contribution in [2.45, 2.75) is 58.4 Å². The maximum absolute atomic E-state index is 12.3. The highest BCUT2D eigenvalue weighted by atomic mass is 79.9. The predicted molar refractivity (Wildman–Crippen MR) is 144 cm³/mol. The molecule has 0 unspecified atom stereocenters. The average Bonchev–Trinajstić information content (AvgIpc) is 3.14. The molecule has 2 amide bonds. The van der Waals surface area contributed by atoms with E-state index in [0.717, 1.165) is 42.1 Å². The Morgan fingerprint density at radius 1 is 1.08 bits per heavy atom. The molecule has 0 saturated heterocycles. The van der Waals surface area contributed by atoms with Crippen molar-refractivity contribution in [3.05, 3.63) is 52.5 Å². The molecule has 1 aromatic heterocycles. The second kappa shape index (κ2) is 13.8. The molecule has 0 aliphatic heterocycles. The van der Waals surface area contributed by atoms with Crippen LogP contribution in [-0.2, 0) is 11.3 Å². The number of benzene rings is 2. The fraction of sp³-hybridized carbons (Fsp3) is 0.407. The minimum atomic E-state index is -0.346. The van der Waals surface area contributed by atoms with Gasteiger partial charge >= 0.3 is 0 Å². The number of amides is 2. The standard InChI is InChI=1S/C27H33BrN4O4/c1-3-4-10-17-32-23-15-14-19(36-2)18-21(23)25(27(32)35)31-30-24(33)13-6-5-9-16-29-26(34)20-11-7-8-12-22(20)28/h7-8,11-12,14-15,18,35H,3-6,9-10,13,16-17H2,1-2H3,(H,29,34). The fourth-order valence-corrected chi connectivity index (χ4v) is 4.42. The van der Waals surface area contributed by atoms with Crippen molar-refractivity contribution in [3.63, 3.8) is 0 Å². The summed E-state index contributed by atoms with van der Waals surface area (Å²) in [6.45, 7) is 3.32. The summed E-state index contributed by atoms with van der Waals surface area (Å²) in [5, 5.41) is 22.4. The highest BCUT2D eigenvalue weighted by molar-refractivity contribution is 9.10. The van der Waals surface area contributed by atoms with Crippen LogP contribution in [0, 0.1) is 0 Å². The third-order valence-corrected chi connectivity index (χ3v) is 6.63. The normalized spacial score (nSPS) is 11.3. The van der Waals surface area contributed by atoms with Gasteiger partial charge in [0, 0.05) is 29.4 Å². The number of nitrogens with zero attached hydrogens (tertiary/aromatic N) is 3. The Kier molecular flexibility index (Phi) is 10.5. The van der Waals surface area contributed by atoms with E-state index < -0.39 is 0 Å². The Morgan fingerprint density at radius 3 is 2.64 bits per heavy atom. The number of unbranched alkanes of at least 4 members (excludes halogenated alkanes) is 4. The number of azo groups is 1. The minimum Gasteiger partial charge on any atom is -0.497 e. The number of aryl methyl sites for hydroxylation is 1. The number of aromatic nitrogens is 1. The molecule has 1 heterocycles. The van der Waals surface area contributed by atoms with Gasteiger partial charge in [-0.25, -0.2) is 0 Å². The van der Waals surface area contributed by atoms with Crippen LogP contribution < -0.4 is 10.1 Å². The van der Waals surface area contributed by atoms with E-state index in [1.807, 2.05) is 34.9 Å². The summed E-state index contributed by atoms with van der Waals surface area (Å²) in [6, 6.07) is 12.8. The highest BCUT2D eigenvalue weighted by Gasteiger charge is 2.18. The zero-order valence-electron chi connectivity index (χ0n) is 20.8. The number of fused-ring (bicyclic) bond motifs is 1. The maximum Gasteiger partial charge on any atom is 0.264 e. The third kappa shape index (κ3) is 7.16. The molecule has 0 aliphatic carbocycles. The lowest BCUT2D eigenvalue weighted by atomic mass is 10.2. The summed E-state index contributed by atoms with van der Waals surface area (Å²) in [7, 11) is 1.58. The Morgan fingerprint density at radius 2 is 1.89 bits per heavy atom. The van der Waals surface area contributed by atoms with E-state index in [1.54, 1.807) is 19.2 Å². The van der Waals surface area contributed by atoms with Gasteiger partial charge in [-0.1, -0.05) is 38.3 Å². The topological polar surface area (TPSA) is 105 Å². The number of ether oxygens (including phenoxy) is 1. The quantitative estimate of drug-likeness (QED) is 0.176. The molecule has 9 heteroatoms. The van der Waals surface area contributed by atoms with E-state index in [1.165, 1.54) is 0 Å². The first-order valence-electron chi connectivity index (χ1n) is 12.3. The number of halogens is 1. The van der Waals surface area contributed by atoms with Crippen molar-refractivity contribution in [2.24, 2.45) is 10.2 Å². The molecule has 36 heavy (non-hydrogen) atoms. The first-order valence-corrected chi connectivity index (χ1v) is 13.1. The van der Waals surface area contributed by atoms with Crippen molar-refractivity contribution in [1.82, 2.24) is 9.88 Å². The van der Waals surface area contributed by atoms with Gasteiger partial charge in [0.15, 0.2) is 5.69 Å². The summed E-state index contributed by atoms with van der Waals surface area (Å²) < 4.78 is 7.89. The van der Waals surface area contributed by atoms with Gasteiger partial charge in [0.1, 0.15) is 5.75 Å². The lowest BCUT2D eigenvalue weighted by Crippen LogP contribution is -2.24. The molecule has 0 spiro atoms. The summed E-state index contributed by atoms with van der Waals surface area (Å²) in [6.07, 6.45) is 5.48. The fourth-order valence-electron chi connectivity index (χ4n) is 3.95. The van der Waals surface area contributed by atoms with Crippen LogP contribution in [0.2, 0.25) is 0 Å². The van der Waals surface area contributed by atoms with E-state index in [-0.39, 0.29) is 29.8 Å². The van der Waals surface area contributed by atoms with E-state index >= 15 is 0 Å². The maximum atomic E-state index is 12.3. The summed E-state index contributed by atoms with van der Waals surface area (Å²) in [5.74, 6) is 0.175. The van der Waals surface area contributed by atoms with Gasteiger partial charge in [-0.2, -0.15) is 0 Å². The zero-order valence-corrected chi connectivity index (χ0v) is 22.4. The Labute approximate surface area is 219 Å². The molecule has 0 radical (unpaired) electrons. The Hall–Kier alpha value is -3.20. The molecule has 3 aromatic rings. The Bertz CT molecular complexity index is 1220.